The molecular formula is C20H24Cl3NO5S. The number of amides is 1. The Hall–Kier alpha value is -1.51. The molecule has 6 nitrogen and oxygen atoms in total. The molecule has 0 aliphatic rings. The molecule has 0 bridgehead atoms. The predicted octanol–water partition coefficient (Wildman–Crippen LogP) is 5.67. The van der Waals surface area contributed by atoms with Crippen molar-refractivity contribution >= 4 is 63.7 Å². The topological polar surface area (TPSA) is 76.1 Å². The number of ether oxygens (including phenoxy) is 2. The van der Waals surface area contributed by atoms with Gasteiger partial charge >= 0.3 is 5.97 Å². The first-order chi connectivity index (χ1) is 14.1. The van der Waals surface area contributed by atoms with E-state index < -0.39 is 5.97 Å². The second kappa shape index (κ2) is 12.4. The molecule has 1 amide bonds. The van der Waals surface area contributed by atoms with Gasteiger partial charge in [-0.1, -0.05) is 23.2 Å². The summed E-state index contributed by atoms with van der Waals surface area (Å²) in [5, 5.41) is 11.2. The van der Waals surface area contributed by atoms with Crippen LogP contribution in [0, 0.1) is 13.8 Å². The molecule has 0 aliphatic carbocycles. The summed E-state index contributed by atoms with van der Waals surface area (Å²) in [5.74, 6) is -1.17. The number of hydrogen-bond acceptors (Lipinski definition) is 5. The van der Waals surface area contributed by atoms with E-state index in [2.05, 4.69) is 5.38 Å². The Morgan fingerprint density at radius 2 is 1.80 bits per heavy atom. The van der Waals surface area contributed by atoms with Gasteiger partial charge in [0.05, 0.1) is 35.5 Å². The fourth-order valence-corrected chi connectivity index (χ4v) is 4.26. The SMILES string of the molecule is COCC(C)N(C(=O)CCl)c1c(C)csc1C.COc1c(Cl)ccc(Cl)c1C(=O)O. The maximum Gasteiger partial charge on any atom is 0.341 e. The van der Waals surface area contributed by atoms with Crippen LogP contribution in [0.4, 0.5) is 5.69 Å². The largest absolute Gasteiger partial charge is 0.494 e. The van der Waals surface area contributed by atoms with Gasteiger partial charge in [-0.25, -0.2) is 4.79 Å². The summed E-state index contributed by atoms with van der Waals surface area (Å²) in [7, 11) is 2.97. The van der Waals surface area contributed by atoms with Crippen molar-refractivity contribution in [3.63, 3.8) is 0 Å². The lowest BCUT2D eigenvalue weighted by atomic mass is 10.2. The van der Waals surface area contributed by atoms with Crippen LogP contribution < -0.4 is 9.64 Å². The number of hydrogen-bond donors (Lipinski definition) is 1. The molecule has 2 rings (SSSR count). The lowest BCUT2D eigenvalue weighted by molar-refractivity contribution is -0.116. The van der Waals surface area contributed by atoms with Crippen LogP contribution in [0.3, 0.4) is 0 Å². The minimum Gasteiger partial charge on any atom is -0.494 e. The molecule has 0 aliphatic heterocycles. The van der Waals surface area contributed by atoms with E-state index in [1.165, 1.54) is 19.2 Å². The highest BCUT2D eigenvalue weighted by Crippen LogP contribution is 2.34. The number of halogens is 3. The van der Waals surface area contributed by atoms with Gasteiger partial charge in [0.2, 0.25) is 5.91 Å². The van der Waals surface area contributed by atoms with Crippen LogP contribution >= 0.6 is 46.1 Å². The van der Waals surface area contributed by atoms with Crippen LogP contribution in [0.1, 0.15) is 27.7 Å². The molecule has 0 saturated carbocycles. The van der Waals surface area contributed by atoms with E-state index in [4.69, 9.17) is 49.4 Å². The molecule has 2 aromatic rings. The van der Waals surface area contributed by atoms with Crippen LogP contribution in [0.2, 0.25) is 10.0 Å². The lowest BCUT2D eigenvalue weighted by Crippen LogP contribution is -2.42. The van der Waals surface area contributed by atoms with Crippen molar-refractivity contribution in [1.82, 2.24) is 0 Å². The van der Waals surface area contributed by atoms with Crippen molar-refractivity contribution < 1.29 is 24.2 Å². The van der Waals surface area contributed by atoms with Crippen molar-refractivity contribution in [1.29, 1.82) is 0 Å². The normalized spacial score (nSPS) is 11.3. The fraction of sp³-hybridized carbons (Fsp3) is 0.400. The summed E-state index contributed by atoms with van der Waals surface area (Å²) < 4.78 is 9.94. The number of nitrogens with zero attached hydrogens (tertiary/aromatic N) is 1. The molecule has 10 heteroatoms. The van der Waals surface area contributed by atoms with E-state index in [0.717, 1.165) is 16.1 Å². The lowest BCUT2D eigenvalue weighted by Gasteiger charge is -2.29. The van der Waals surface area contributed by atoms with Gasteiger partial charge in [-0.2, -0.15) is 0 Å². The van der Waals surface area contributed by atoms with Crippen LogP contribution in [0.5, 0.6) is 5.75 Å². The number of methoxy groups -OCH3 is 2. The number of rotatable bonds is 7. The monoisotopic (exact) mass is 495 g/mol. The van der Waals surface area contributed by atoms with Gasteiger partial charge in [-0.15, -0.1) is 22.9 Å². The third-order valence-corrected chi connectivity index (χ3v) is 5.93. The summed E-state index contributed by atoms with van der Waals surface area (Å²) >= 11 is 18.7. The number of carbonyl (C=O) groups is 2. The standard InChI is InChI=1S/C12H18ClNO2S.C8H6Cl2O3/c1-8-7-17-10(3)12(8)14(11(15)5-13)9(2)6-16-4;1-13-7-5(10)3-2-4(9)6(7)8(11)12/h7,9H,5-6H2,1-4H3;2-3H,1H3,(H,11,12). The predicted molar refractivity (Wildman–Crippen MR) is 123 cm³/mol. The molecule has 30 heavy (non-hydrogen) atoms. The number of carboxylic acid groups (broad SMARTS) is 1. The second-order valence-corrected chi connectivity index (χ2v) is 8.43. The van der Waals surface area contributed by atoms with Crippen molar-refractivity contribution in [2.45, 2.75) is 26.8 Å². The average Bonchev–Trinajstić information content (AvgIpc) is 3.02. The van der Waals surface area contributed by atoms with Gasteiger partial charge in [-0.3, -0.25) is 4.79 Å². The Labute approximate surface area is 195 Å². The van der Waals surface area contributed by atoms with Crippen molar-refractivity contribution in [2.75, 3.05) is 31.6 Å². The zero-order valence-corrected chi connectivity index (χ0v) is 20.4. The number of anilines is 1. The number of aryl methyl sites for hydroxylation is 2. The Kier molecular flexibility index (Phi) is 10.9. The molecule has 0 saturated heterocycles. The highest BCUT2D eigenvalue weighted by atomic mass is 35.5. The third-order valence-electron chi connectivity index (χ3n) is 4.07. The fourth-order valence-electron chi connectivity index (χ4n) is 2.83. The molecule has 1 N–H and O–H groups in total. The number of aromatic carboxylic acids is 1. The van der Waals surface area contributed by atoms with Crippen LogP contribution in [0.15, 0.2) is 17.5 Å². The van der Waals surface area contributed by atoms with Crippen molar-refractivity contribution in [2.24, 2.45) is 0 Å². The molecule has 0 radical (unpaired) electrons. The van der Waals surface area contributed by atoms with E-state index in [1.54, 1.807) is 23.3 Å². The van der Waals surface area contributed by atoms with E-state index in [1.807, 2.05) is 20.8 Å². The molecule has 0 spiro atoms. The third kappa shape index (κ3) is 6.49. The van der Waals surface area contributed by atoms with Crippen LogP contribution in [0.25, 0.3) is 0 Å². The molecule has 1 atom stereocenters. The Balaban J connectivity index is 0.000000311. The first-order valence-corrected chi connectivity index (χ1v) is 10.9. The quantitative estimate of drug-likeness (QED) is 0.500. The minimum atomic E-state index is -1.16. The minimum absolute atomic E-state index is 0.0111. The van der Waals surface area contributed by atoms with Crippen molar-refractivity contribution in [3.05, 3.63) is 43.6 Å². The van der Waals surface area contributed by atoms with E-state index in [9.17, 15) is 9.59 Å². The van der Waals surface area contributed by atoms with Crippen molar-refractivity contribution in [3.8, 4) is 5.75 Å². The molecule has 166 valence electrons. The summed E-state index contributed by atoms with van der Waals surface area (Å²) in [6.45, 7) is 6.48. The molecule has 1 aromatic carbocycles. The number of thiophene rings is 1. The zero-order valence-electron chi connectivity index (χ0n) is 17.3. The number of benzene rings is 1. The highest BCUT2D eigenvalue weighted by Gasteiger charge is 2.25. The van der Waals surface area contributed by atoms with Gasteiger partial charge < -0.3 is 19.5 Å². The van der Waals surface area contributed by atoms with E-state index >= 15 is 0 Å². The summed E-state index contributed by atoms with van der Waals surface area (Å²) in [5.41, 5.74) is 1.97. The van der Waals surface area contributed by atoms with Crippen LogP contribution in [-0.4, -0.2) is 49.7 Å². The van der Waals surface area contributed by atoms with Gasteiger partial charge in [0, 0.05) is 12.0 Å². The van der Waals surface area contributed by atoms with Gasteiger partial charge in [-0.05, 0) is 43.8 Å². The second-order valence-electron chi connectivity index (χ2n) is 6.27. The summed E-state index contributed by atoms with van der Waals surface area (Å²) in [6.07, 6.45) is 0. The Morgan fingerprint density at radius 3 is 2.20 bits per heavy atom. The molecular weight excluding hydrogens is 473 g/mol. The highest BCUT2D eigenvalue weighted by molar-refractivity contribution is 7.10. The maximum atomic E-state index is 12.0. The number of alkyl halides is 1. The van der Waals surface area contributed by atoms with Gasteiger partial charge in [0.25, 0.3) is 0 Å². The zero-order chi connectivity index (χ0) is 23.0. The molecule has 1 unspecified atom stereocenters. The van der Waals surface area contributed by atoms with Crippen LogP contribution in [-0.2, 0) is 9.53 Å². The van der Waals surface area contributed by atoms with E-state index in [-0.39, 0.29) is 39.2 Å². The summed E-state index contributed by atoms with van der Waals surface area (Å²) in [6, 6.07) is 2.88. The first kappa shape index (κ1) is 26.5. The molecule has 1 aromatic heterocycles. The van der Waals surface area contributed by atoms with Gasteiger partial charge in [0.15, 0.2) is 5.75 Å². The Morgan fingerprint density at radius 1 is 1.20 bits per heavy atom. The maximum absolute atomic E-state index is 12.0. The average molecular weight is 497 g/mol. The smallest absolute Gasteiger partial charge is 0.341 e. The van der Waals surface area contributed by atoms with E-state index in [0.29, 0.717) is 6.61 Å². The summed E-state index contributed by atoms with van der Waals surface area (Å²) in [4.78, 5) is 25.6. The van der Waals surface area contributed by atoms with Gasteiger partial charge in [0.1, 0.15) is 11.4 Å². The number of carbonyl (C=O) groups excluding carboxylic acids is 1. The number of carboxylic acids is 1. The first-order valence-electron chi connectivity index (χ1n) is 8.77. The molecule has 1 heterocycles. The Bertz CT molecular complexity index is 868. The molecule has 0 fully saturated rings.